The van der Waals surface area contributed by atoms with Crippen LogP contribution in [0.1, 0.15) is 24.0 Å². The Hall–Kier alpha value is -3.57. The van der Waals surface area contributed by atoms with Gasteiger partial charge in [0.25, 0.3) is 0 Å². The Bertz CT molecular complexity index is 1340. The highest BCUT2D eigenvalue weighted by Crippen LogP contribution is 2.37. The van der Waals surface area contributed by atoms with E-state index in [9.17, 15) is 23.5 Å². The van der Waals surface area contributed by atoms with E-state index >= 15 is 0 Å². The number of fused-ring (bicyclic) bond motifs is 3. The van der Waals surface area contributed by atoms with Gasteiger partial charge in [-0.05, 0) is 48.7 Å². The molecule has 32 heavy (non-hydrogen) atoms. The molecule has 1 fully saturated rings. The van der Waals surface area contributed by atoms with E-state index in [1.165, 1.54) is 12.1 Å². The molecule has 5 rings (SSSR count). The number of hydrogen-bond acceptors (Lipinski definition) is 4. The summed E-state index contributed by atoms with van der Waals surface area (Å²) in [6, 6.07) is 16.5. The van der Waals surface area contributed by atoms with Crippen LogP contribution >= 0.6 is 0 Å². The van der Waals surface area contributed by atoms with Gasteiger partial charge in [0.05, 0.1) is 22.7 Å². The van der Waals surface area contributed by atoms with Crippen LogP contribution < -0.4 is 4.90 Å². The number of aromatic nitrogens is 2. The zero-order valence-electron chi connectivity index (χ0n) is 17.0. The fourth-order valence-electron chi connectivity index (χ4n) is 4.32. The lowest BCUT2D eigenvalue weighted by atomic mass is 9.99. The van der Waals surface area contributed by atoms with E-state index in [0.717, 1.165) is 29.0 Å². The molecule has 8 heteroatoms. The second-order valence-corrected chi connectivity index (χ2v) is 7.96. The first-order chi connectivity index (χ1) is 15.4. The normalized spacial score (nSPS) is 15.4. The first-order valence-corrected chi connectivity index (χ1v) is 10.3. The molecule has 0 aliphatic carbocycles. The number of aliphatic hydroxyl groups is 1. The quantitative estimate of drug-likeness (QED) is 0.480. The molecule has 4 aromatic rings. The van der Waals surface area contributed by atoms with E-state index < -0.39 is 11.7 Å². The number of pyridine rings is 1. The molecular weight excluding hydrogens is 417 g/mol. The second-order valence-electron chi connectivity index (χ2n) is 7.96. The number of alkyl halides is 3. The average molecular weight is 436 g/mol. The van der Waals surface area contributed by atoms with Crippen molar-refractivity contribution in [3.8, 4) is 17.2 Å². The second kappa shape index (κ2) is 7.53. The van der Waals surface area contributed by atoms with Gasteiger partial charge in [-0.1, -0.05) is 24.3 Å². The lowest BCUT2D eigenvalue weighted by molar-refractivity contribution is -0.137. The Morgan fingerprint density at radius 1 is 1.03 bits per heavy atom. The monoisotopic (exact) mass is 436 g/mol. The van der Waals surface area contributed by atoms with E-state index in [0.29, 0.717) is 48.3 Å². The zero-order chi connectivity index (χ0) is 22.5. The molecule has 0 atom stereocenters. The minimum absolute atomic E-state index is 0.307. The summed E-state index contributed by atoms with van der Waals surface area (Å²) < 4.78 is 41.0. The molecule has 1 N–H and O–H groups in total. The van der Waals surface area contributed by atoms with Crippen molar-refractivity contribution in [1.29, 1.82) is 5.26 Å². The molecular formula is C24H19F3N4O. The highest BCUT2D eigenvalue weighted by molar-refractivity contribution is 5.89. The van der Waals surface area contributed by atoms with Crippen molar-refractivity contribution in [2.24, 2.45) is 0 Å². The van der Waals surface area contributed by atoms with E-state index in [-0.39, 0.29) is 6.10 Å². The van der Waals surface area contributed by atoms with Gasteiger partial charge in [0, 0.05) is 18.7 Å². The fraction of sp³-hybridized carbons (Fsp3) is 0.250. The third-order valence-electron chi connectivity index (χ3n) is 5.98. The van der Waals surface area contributed by atoms with E-state index in [1.54, 1.807) is 0 Å². The molecule has 1 aliphatic rings. The highest BCUT2D eigenvalue weighted by Gasteiger charge is 2.30. The van der Waals surface area contributed by atoms with Gasteiger partial charge >= 0.3 is 6.18 Å². The van der Waals surface area contributed by atoms with Crippen LogP contribution in [0.15, 0.2) is 54.6 Å². The smallest absolute Gasteiger partial charge is 0.393 e. The van der Waals surface area contributed by atoms with Gasteiger partial charge in [0.1, 0.15) is 17.5 Å². The van der Waals surface area contributed by atoms with Gasteiger partial charge in [-0.3, -0.25) is 4.40 Å². The number of hydrogen-bond donors (Lipinski definition) is 1. The third-order valence-corrected chi connectivity index (χ3v) is 5.98. The molecule has 0 saturated carbocycles. The lowest BCUT2D eigenvalue weighted by Crippen LogP contribution is -2.36. The number of halogens is 3. The first kappa shape index (κ1) is 20.3. The summed E-state index contributed by atoms with van der Waals surface area (Å²) in [4.78, 5) is 6.81. The molecule has 0 spiro atoms. The molecule has 1 saturated heterocycles. The molecule has 162 valence electrons. The van der Waals surface area contributed by atoms with Crippen LogP contribution in [-0.2, 0) is 6.18 Å². The van der Waals surface area contributed by atoms with Gasteiger partial charge in [-0.15, -0.1) is 0 Å². The minimum Gasteiger partial charge on any atom is -0.393 e. The number of benzene rings is 2. The van der Waals surface area contributed by atoms with Crippen LogP contribution in [0.25, 0.3) is 27.8 Å². The maximum Gasteiger partial charge on any atom is 0.416 e. The molecule has 0 radical (unpaired) electrons. The predicted molar refractivity (Wildman–Crippen MR) is 115 cm³/mol. The molecule has 2 aromatic heterocycles. The number of rotatable bonds is 2. The van der Waals surface area contributed by atoms with E-state index in [4.69, 9.17) is 0 Å². The molecule has 0 amide bonds. The summed E-state index contributed by atoms with van der Waals surface area (Å²) in [7, 11) is 0. The van der Waals surface area contributed by atoms with Crippen molar-refractivity contribution in [3.05, 3.63) is 65.7 Å². The van der Waals surface area contributed by atoms with Crippen LogP contribution in [0.4, 0.5) is 19.0 Å². The number of nitriles is 1. The van der Waals surface area contributed by atoms with Gasteiger partial charge < -0.3 is 10.0 Å². The minimum atomic E-state index is -4.43. The van der Waals surface area contributed by atoms with Crippen LogP contribution in [0.2, 0.25) is 0 Å². The Morgan fingerprint density at radius 2 is 1.72 bits per heavy atom. The SMILES string of the molecule is N#Cc1c(-c2ccc(C(F)(F)F)cc2)cc(N2CCC(O)CC2)n2c1nc1ccccc12. The number of anilines is 1. The number of piperidine rings is 1. The standard InChI is InChI=1S/C24H19F3N4O/c25-24(26,27)16-7-5-15(6-8-16)18-13-22(30-11-9-17(32)10-12-30)31-21-4-2-1-3-20(21)29-23(31)19(18)14-28/h1-8,13,17,32H,9-12H2. The summed E-state index contributed by atoms with van der Waals surface area (Å²) in [6.45, 7) is 1.25. The Kier molecular flexibility index (Phi) is 4.79. The van der Waals surface area contributed by atoms with Crippen molar-refractivity contribution in [3.63, 3.8) is 0 Å². The Labute approximate surface area is 181 Å². The van der Waals surface area contributed by atoms with Crippen molar-refractivity contribution in [2.75, 3.05) is 18.0 Å². The summed E-state index contributed by atoms with van der Waals surface area (Å²) in [5.74, 6) is 0.800. The molecule has 2 aromatic carbocycles. The van der Waals surface area contributed by atoms with Gasteiger partial charge in [0.15, 0.2) is 5.65 Å². The third kappa shape index (κ3) is 3.35. The summed E-state index contributed by atoms with van der Waals surface area (Å²) in [5.41, 5.74) is 2.66. The maximum absolute atomic E-state index is 13.0. The summed E-state index contributed by atoms with van der Waals surface area (Å²) in [6.07, 6.45) is -3.55. The summed E-state index contributed by atoms with van der Waals surface area (Å²) >= 11 is 0. The molecule has 5 nitrogen and oxygen atoms in total. The number of imidazole rings is 1. The Balaban J connectivity index is 1.77. The van der Waals surface area contributed by atoms with Crippen LogP contribution in [0.3, 0.4) is 0 Å². The van der Waals surface area contributed by atoms with Gasteiger partial charge in [-0.25, -0.2) is 4.98 Å². The van der Waals surface area contributed by atoms with Crippen molar-refractivity contribution in [1.82, 2.24) is 9.38 Å². The van der Waals surface area contributed by atoms with Crippen molar-refractivity contribution < 1.29 is 18.3 Å². The van der Waals surface area contributed by atoms with Crippen molar-refractivity contribution >= 4 is 22.5 Å². The first-order valence-electron chi connectivity index (χ1n) is 10.3. The molecule has 3 heterocycles. The highest BCUT2D eigenvalue weighted by atomic mass is 19.4. The lowest BCUT2D eigenvalue weighted by Gasteiger charge is -2.32. The van der Waals surface area contributed by atoms with Crippen LogP contribution in [0, 0.1) is 11.3 Å². The average Bonchev–Trinajstić information content (AvgIpc) is 3.18. The summed E-state index contributed by atoms with van der Waals surface area (Å²) in [5, 5.41) is 19.9. The molecule has 0 unspecified atom stereocenters. The largest absolute Gasteiger partial charge is 0.416 e. The predicted octanol–water partition coefficient (Wildman–Crippen LogP) is 5.01. The number of aliphatic hydroxyl groups excluding tert-OH is 1. The van der Waals surface area contributed by atoms with Crippen molar-refractivity contribution in [2.45, 2.75) is 25.1 Å². The zero-order valence-corrected chi connectivity index (χ0v) is 17.0. The van der Waals surface area contributed by atoms with Gasteiger partial charge in [-0.2, -0.15) is 18.4 Å². The van der Waals surface area contributed by atoms with E-state index in [2.05, 4.69) is 16.0 Å². The number of para-hydroxylation sites is 2. The molecule has 1 aliphatic heterocycles. The molecule has 0 bridgehead atoms. The number of nitrogens with zero attached hydrogens (tertiary/aromatic N) is 4. The van der Waals surface area contributed by atoms with E-state index in [1.807, 2.05) is 34.7 Å². The van der Waals surface area contributed by atoms with Crippen LogP contribution in [0.5, 0.6) is 0 Å². The topological polar surface area (TPSA) is 64.6 Å². The van der Waals surface area contributed by atoms with Crippen LogP contribution in [-0.4, -0.2) is 33.7 Å². The van der Waals surface area contributed by atoms with Gasteiger partial charge in [0.2, 0.25) is 0 Å². The fourth-order valence-corrected chi connectivity index (χ4v) is 4.32. The maximum atomic E-state index is 13.0. The Morgan fingerprint density at radius 3 is 2.38 bits per heavy atom.